The molecule has 32 heavy (non-hydrogen) atoms. The summed E-state index contributed by atoms with van der Waals surface area (Å²) in [4.78, 5) is 35.4. The average molecular weight is 430 g/mol. The Hall–Kier alpha value is -3.71. The maximum Gasteiger partial charge on any atom is 0.321 e. The molecule has 1 saturated heterocycles. The third kappa shape index (κ3) is 5.31. The van der Waals surface area contributed by atoms with Gasteiger partial charge < -0.3 is 15.1 Å². The maximum absolute atomic E-state index is 12.9. The highest BCUT2D eigenvalue weighted by Gasteiger charge is 2.21. The fraction of sp³-hybridized carbons (Fsp3) is 0.240. The zero-order chi connectivity index (χ0) is 22.3. The van der Waals surface area contributed by atoms with Crippen LogP contribution in [0, 0.1) is 0 Å². The van der Waals surface area contributed by atoms with Gasteiger partial charge in [-0.3, -0.25) is 14.7 Å². The van der Waals surface area contributed by atoms with Crippen molar-refractivity contribution in [3.8, 4) is 0 Å². The van der Waals surface area contributed by atoms with Gasteiger partial charge in [0.15, 0.2) is 0 Å². The topological polar surface area (TPSA) is 68.8 Å². The quantitative estimate of drug-likeness (QED) is 0.671. The lowest BCUT2D eigenvalue weighted by Crippen LogP contribution is -2.49. The predicted molar refractivity (Wildman–Crippen MR) is 126 cm³/mol. The van der Waals surface area contributed by atoms with Gasteiger partial charge in [0.25, 0.3) is 5.91 Å². The van der Waals surface area contributed by atoms with Gasteiger partial charge in [-0.05, 0) is 48.0 Å². The second-order valence-corrected chi connectivity index (χ2v) is 7.83. The number of anilines is 2. The van der Waals surface area contributed by atoms with Crippen molar-refractivity contribution >= 4 is 23.3 Å². The first-order valence-corrected chi connectivity index (χ1v) is 10.7. The third-order valence-electron chi connectivity index (χ3n) is 5.62. The van der Waals surface area contributed by atoms with E-state index in [1.807, 2.05) is 47.4 Å². The van der Waals surface area contributed by atoms with Crippen LogP contribution < -0.4 is 10.2 Å². The van der Waals surface area contributed by atoms with E-state index in [9.17, 15) is 9.59 Å². The molecular weight excluding hydrogens is 402 g/mol. The Morgan fingerprint density at radius 2 is 1.66 bits per heavy atom. The summed E-state index contributed by atoms with van der Waals surface area (Å²) in [6, 6.07) is 20.4. The van der Waals surface area contributed by atoms with Gasteiger partial charge in [0.1, 0.15) is 0 Å². The van der Waals surface area contributed by atoms with Crippen molar-refractivity contribution in [1.29, 1.82) is 0 Å². The van der Waals surface area contributed by atoms with Crippen LogP contribution >= 0.6 is 0 Å². The van der Waals surface area contributed by atoms with Crippen molar-refractivity contribution in [3.05, 3.63) is 90.3 Å². The van der Waals surface area contributed by atoms with E-state index in [0.29, 0.717) is 24.3 Å². The summed E-state index contributed by atoms with van der Waals surface area (Å²) < 4.78 is 0. The minimum absolute atomic E-state index is 0.128. The summed E-state index contributed by atoms with van der Waals surface area (Å²) in [5.74, 6) is -0.128. The Balaban J connectivity index is 1.32. The summed E-state index contributed by atoms with van der Waals surface area (Å²) >= 11 is 0. The summed E-state index contributed by atoms with van der Waals surface area (Å²) in [5, 5.41) is 2.94. The molecule has 2 heterocycles. The van der Waals surface area contributed by atoms with Gasteiger partial charge in [-0.1, -0.05) is 24.3 Å². The van der Waals surface area contributed by atoms with E-state index in [1.54, 1.807) is 48.6 Å². The first kappa shape index (κ1) is 21.5. The van der Waals surface area contributed by atoms with Crippen molar-refractivity contribution in [3.63, 3.8) is 0 Å². The number of benzene rings is 2. The molecular formula is C25H27N5O2. The monoisotopic (exact) mass is 429 g/mol. The van der Waals surface area contributed by atoms with Gasteiger partial charge in [-0.15, -0.1) is 0 Å². The molecule has 4 rings (SSSR count). The Bertz CT molecular complexity index is 1050. The van der Waals surface area contributed by atoms with Gasteiger partial charge in [-0.25, -0.2) is 4.79 Å². The van der Waals surface area contributed by atoms with Crippen molar-refractivity contribution in [2.75, 3.05) is 43.4 Å². The predicted octanol–water partition coefficient (Wildman–Crippen LogP) is 3.71. The molecule has 0 unspecified atom stereocenters. The van der Waals surface area contributed by atoms with Crippen LogP contribution in [0.1, 0.15) is 15.9 Å². The number of nitrogens with zero attached hydrogens (tertiary/aromatic N) is 4. The van der Waals surface area contributed by atoms with E-state index in [0.717, 1.165) is 25.3 Å². The number of para-hydroxylation sites is 1. The molecule has 0 atom stereocenters. The second kappa shape index (κ2) is 10.1. The SMILES string of the molecule is CN(C(=O)c1cccc(NC(=O)N2CCN(Cc3ccncc3)CC2)c1)c1ccccc1. The minimum atomic E-state index is -0.144. The fourth-order valence-corrected chi connectivity index (χ4v) is 3.75. The lowest BCUT2D eigenvalue weighted by atomic mass is 10.1. The molecule has 1 aliphatic heterocycles. The summed E-state index contributed by atoms with van der Waals surface area (Å²) in [6.45, 7) is 3.81. The molecule has 0 radical (unpaired) electrons. The number of aromatic nitrogens is 1. The van der Waals surface area contributed by atoms with Gasteiger partial charge >= 0.3 is 6.03 Å². The number of hydrogen-bond acceptors (Lipinski definition) is 4. The van der Waals surface area contributed by atoms with Crippen molar-refractivity contribution in [1.82, 2.24) is 14.8 Å². The van der Waals surface area contributed by atoms with Crippen LogP contribution in [0.4, 0.5) is 16.2 Å². The molecule has 7 heteroatoms. The normalized spacial score (nSPS) is 14.1. The third-order valence-corrected chi connectivity index (χ3v) is 5.62. The lowest BCUT2D eigenvalue weighted by Gasteiger charge is -2.34. The fourth-order valence-electron chi connectivity index (χ4n) is 3.75. The van der Waals surface area contributed by atoms with E-state index >= 15 is 0 Å². The lowest BCUT2D eigenvalue weighted by molar-refractivity contribution is 0.0993. The number of piperazine rings is 1. The van der Waals surface area contributed by atoms with Crippen molar-refractivity contribution in [2.45, 2.75) is 6.54 Å². The van der Waals surface area contributed by atoms with Gasteiger partial charge in [0.2, 0.25) is 0 Å². The molecule has 3 amide bonds. The first-order valence-electron chi connectivity index (χ1n) is 10.7. The highest BCUT2D eigenvalue weighted by molar-refractivity contribution is 6.06. The van der Waals surface area contributed by atoms with Crippen LogP contribution in [0.15, 0.2) is 79.1 Å². The highest BCUT2D eigenvalue weighted by atomic mass is 16.2. The Morgan fingerprint density at radius 3 is 2.38 bits per heavy atom. The van der Waals surface area contributed by atoms with Crippen LogP contribution in [0.5, 0.6) is 0 Å². The molecule has 1 aromatic heterocycles. The van der Waals surface area contributed by atoms with Gasteiger partial charge in [0, 0.05) is 69.1 Å². The van der Waals surface area contributed by atoms with Gasteiger partial charge in [0.05, 0.1) is 0 Å². The Morgan fingerprint density at radius 1 is 0.938 bits per heavy atom. The van der Waals surface area contributed by atoms with Crippen LogP contribution in [0.25, 0.3) is 0 Å². The number of hydrogen-bond donors (Lipinski definition) is 1. The molecule has 0 saturated carbocycles. The Labute approximate surface area is 188 Å². The van der Waals surface area contributed by atoms with E-state index in [2.05, 4.69) is 15.2 Å². The summed E-state index contributed by atoms with van der Waals surface area (Å²) in [5.41, 5.74) is 3.18. The van der Waals surface area contributed by atoms with Crippen LogP contribution in [-0.4, -0.2) is 59.9 Å². The number of nitrogens with one attached hydrogen (secondary N) is 1. The van der Waals surface area contributed by atoms with Crippen molar-refractivity contribution < 1.29 is 9.59 Å². The second-order valence-electron chi connectivity index (χ2n) is 7.83. The number of carbonyl (C=O) groups excluding carboxylic acids is 2. The van der Waals surface area contributed by atoms with Crippen molar-refractivity contribution in [2.24, 2.45) is 0 Å². The number of carbonyl (C=O) groups is 2. The van der Waals surface area contributed by atoms with E-state index in [1.165, 1.54) is 5.56 Å². The zero-order valence-corrected chi connectivity index (χ0v) is 18.1. The molecule has 2 aromatic carbocycles. The largest absolute Gasteiger partial charge is 0.322 e. The average Bonchev–Trinajstić information content (AvgIpc) is 2.85. The number of rotatable bonds is 5. The molecule has 1 fully saturated rings. The maximum atomic E-state index is 12.9. The van der Waals surface area contributed by atoms with Crippen LogP contribution in [0.2, 0.25) is 0 Å². The molecule has 164 valence electrons. The molecule has 0 spiro atoms. The minimum Gasteiger partial charge on any atom is -0.322 e. The zero-order valence-electron chi connectivity index (χ0n) is 18.1. The molecule has 7 nitrogen and oxygen atoms in total. The number of pyridine rings is 1. The van der Waals surface area contributed by atoms with Crippen LogP contribution in [0.3, 0.4) is 0 Å². The summed E-state index contributed by atoms with van der Waals surface area (Å²) in [6.07, 6.45) is 3.60. The molecule has 1 aliphatic rings. The van der Waals surface area contributed by atoms with E-state index < -0.39 is 0 Å². The standard InChI is InChI=1S/C25H27N5O2/c1-28(23-8-3-2-4-9-23)24(31)21-6-5-7-22(18-21)27-25(32)30-16-14-29(15-17-30)19-20-10-12-26-13-11-20/h2-13,18H,14-17,19H2,1H3,(H,27,32). The molecule has 0 aliphatic carbocycles. The molecule has 3 aromatic rings. The van der Waals surface area contributed by atoms with Gasteiger partial charge in [-0.2, -0.15) is 0 Å². The molecule has 0 bridgehead atoms. The Kier molecular flexibility index (Phi) is 6.77. The smallest absolute Gasteiger partial charge is 0.321 e. The highest BCUT2D eigenvalue weighted by Crippen LogP contribution is 2.18. The van der Waals surface area contributed by atoms with E-state index in [4.69, 9.17) is 0 Å². The molecule has 1 N–H and O–H groups in total. The van der Waals surface area contributed by atoms with E-state index in [-0.39, 0.29) is 11.9 Å². The first-order chi connectivity index (χ1) is 15.6. The summed E-state index contributed by atoms with van der Waals surface area (Å²) in [7, 11) is 1.74. The van der Waals surface area contributed by atoms with Crippen LogP contribution in [-0.2, 0) is 6.54 Å². The number of amides is 3. The number of urea groups is 1.